The molecule has 4 aromatic rings. The zero-order chi connectivity index (χ0) is 17.6. The molecule has 0 aliphatic rings. The smallest absolute Gasteiger partial charge is 0.238 e. The summed E-state index contributed by atoms with van der Waals surface area (Å²) in [6, 6.07) is 9.41. The third kappa shape index (κ3) is 2.76. The lowest BCUT2D eigenvalue weighted by Gasteiger charge is -1.98. The number of benzene rings is 2. The molecule has 0 fully saturated rings. The predicted octanol–water partition coefficient (Wildman–Crippen LogP) is 3.55. The van der Waals surface area contributed by atoms with Gasteiger partial charge in [0, 0.05) is 0 Å². The highest BCUT2D eigenvalue weighted by Gasteiger charge is 2.15. The van der Waals surface area contributed by atoms with Crippen LogP contribution in [0.3, 0.4) is 0 Å². The third-order valence-corrected chi connectivity index (χ3v) is 5.37. The summed E-state index contributed by atoms with van der Waals surface area (Å²) in [6.45, 7) is 0. The highest BCUT2D eigenvalue weighted by Crippen LogP contribution is 2.40. The molecule has 0 radical (unpaired) electrons. The van der Waals surface area contributed by atoms with E-state index in [1.807, 2.05) is 12.1 Å². The van der Waals surface area contributed by atoms with Crippen molar-refractivity contribution in [2.45, 2.75) is 4.90 Å². The quantitative estimate of drug-likeness (QED) is 0.473. The van der Waals surface area contributed by atoms with Crippen molar-refractivity contribution in [2.24, 2.45) is 15.4 Å². The second-order valence-electron chi connectivity index (χ2n) is 5.25. The molecular weight excluding hydrogens is 362 g/mol. The molecule has 4 N–H and O–H groups in total. The Morgan fingerprint density at radius 1 is 1.12 bits per heavy atom. The number of H-pyrrole nitrogens is 1. The summed E-state index contributed by atoms with van der Waals surface area (Å²) in [5.74, 6) is -0.111. The minimum absolute atomic E-state index is 0.00873. The molecule has 0 bridgehead atoms. The first-order chi connectivity index (χ1) is 11.9. The van der Waals surface area contributed by atoms with Crippen LogP contribution in [0, 0.1) is 0 Å². The number of fused-ring (bicyclic) bond motifs is 3. The van der Waals surface area contributed by atoms with Crippen LogP contribution in [0.5, 0.6) is 5.88 Å². The minimum Gasteiger partial charge on any atom is -0.493 e. The highest BCUT2D eigenvalue weighted by atomic mass is 32.2. The van der Waals surface area contributed by atoms with Crippen LogP contribution < -0.4 is 5.14 Å². The summed E-state index contributed by atoms with van der Waals surface area (Å²) in [4.78, 5) is 7.16. The SMILES string of the molecule is NS(=O)(=O)c1ccc(N=Nc2c(O)[nH]c3ccc4scnc4c23)cc1. The van der Waals surface area contributed by atoms with Crippen molar-refractivity contribution in [3.63, 3.8) is 0 Å². The second-order valence-corrected chi connectivity index (χ2v) is 7.70. The van der Waals surface area contributed by atoms with Gasteiger partial charge >= 0.3 is 0 Å². The van der Waals surface area contributed by atoms with Crippen molar-refractivity contribution in [3.05, 3.63) is 41.9 Å². The lowest BCUT2D eigenvalue weighted by molar-refractivity contribution is 0.459. The van der Waals surface area contributed by atoms with Crippen molar-refractivity contribution in [1.82, 2.24) is 9.97 Å². The number of azo groups is 1. The number of thiazole rings is 1. The van der Waals surface area contributed by atoms with Crippen LogP contribution in [0.1, 0.15) is 0 Å². The lowest BCUT2D eigenvalue weighted by Crippen LogP contribution is -2.11. The molecular formula is C15H11N5O3S2. The molecule has 2 aromatic carbocycles. The number of aromatic nitrogens is 2. The van der Waals surface area contributed by atoms with Crippen molar-refractivity contribution < 1.29 is 13.5 Å². The van der Waals surface area contributed by atoms with Gasteiger partial charge in [0.25, 0.3) is 0 Å². The number of nitrogens with zero attached hydrogens (tertiary/aromatic N) is 3. The molecule has 8 nitrogen and oxygen atoms in total. The van der Waals surface area contributed by atoms with Crippen LogP contribution in [0.4, 0.5) is 11.4 Å². The minimum atomic E-state index is -3.76. The second kappa shape index (κ2) is 5.62. The fourth-order valence-corrected chi connectivity index (χ4v) is 3.69. The third-order valence-electron chi connectivity index (χ3n) is 3.65. The van der Waals surface area contributed by atoms with Gasteiger partial charge in [-0.1, -0.05) is 0 Å². The molecule has 0 aliphatic heterocycles. The van der Waals surface area contributed by atoms with E-state index < -0.39 is 10.0 Å². The number of rotatable bonds is 3. The van der Waals surface area contributed by atoms with Crippen LogP contribution >= 0.6 is 11.3 Å². The van der Waals surface area contributed by atoms with Gasteiger partial charge in [0.05, 0.1) is 37.2 Å². The van der Waals surface area contributed by atoms with E-state index in [1.165, 1.54) is 35.6 Å². The molecule has 2 aromatic heterocycles. The predicted molar refractivity (Wildman–Crippen MR) is 95.1 cm³/mol. The van der Waals surface area contributed by atoms with E-state index in [0.29, 0.717) is 16.6 Å². The molecule has 0 atom stereocenters. The number of primary sulfonamides is 1. The Kier molecular flexibility index (Phi) is 3.53. The van der Waals surface area contributed by atoms with E-state index in [2.05, 4.69) is 20.2 Å². The van der Waals surface area contributed by atoms with Crippen LogP contribution in [-0.2, 0) is 10.0 Å². The Hall–Kier alpha value is -2.82. The molecule has 0 saturated heterocycles. The zero-order valence-electron chi connectivity index (χ0n) is 12.5. The van der Waals surface area contributed by atoms with Crippen molar-refractivity contribution in [3.8, 4) is 5.88 Å². The first kappa shape index (κ1) is 15.7. The number of hydrogen-bond acceptors (Lipinski definition) is 7. The highest BCUT2D eigenvalue weighted by molar-refractivity contribution is 7.89. The van der Waals surface area contributed by atoms with Crippen molar-refractivity contribution in [2.75, 3.05) is 0 Å². The fourth-order valence-electron chi connectivity index (χ4n) is 2.49. The molecule has 2 heterocycles. The van der Waals surface area contributed by atoms with Crippen molar-refractivity contribution >= 4 is 53.9 Å². The molecule has 0 aliphatic carbocycles. The van der Waals surface area contributed by atoms with E-state index in [9.17, 15) is 13.5 Å². The van der Waals surface area contributed by atoms with E-state index in [4.69, 9.17) is 5.14 Å². The van der Waals surface area contributed by atoms with Gasteiger partial charge in [0.1, 0.15) is 0 Å². The normalized spacial score (nSPS) is 12.5. The topological polar surface area (TPSA) is 134 Å². The number of aromatic hydroxyl groups is 1. The van der Waals surface area contributed by atoms with Gasteiger partial charge in [-0.3, -0.25) is 0 Å². The van der Waals surface area contributed by atoms with Crippen molar-refractivity contribution in [1.29, 1.82) is 0 Å². The zero-order valence-corrected chi connectivity index (χ0v) is 14.2. The summed E-state index contributed by atoms with van der Waals surface area (Å²) in [5, 5.41) is 24.0. The summed E-state index contributed by atoms with van der Waals surface area (Å²) in [5.41, 5.74) is 3.86. The maximum atomic E-state index is 11.3. The Morgan fingerprint density at radius 3 is 2.60 bits per heavy atom. The standard InChI is InChI=1S/C15H11N5O3S2/c16-25(22,23)9-3-1-8(2-4-9)19-20-14-12-10(18-15(14)21)5-6-11-13(12)17-7-24-11/h1-7,18,21H,(H2,16,22,23). The van der Waals surface area contributed by atoms with Crippen LogP contribution in [0.15, 0.2) is 57.0 Å². The van der Waals surface area contributed by atoms with Gasteiger partial charge in [-0.15, -0.1) is 16.5 Å². The monoisotopic (exact) mass is 373 g/mol. The Balaban J connectivity index is 1.79. The fraction of sp³-hybridized carbons (Fsp3) is 0. The molecule has 25 heavy (non-hydrogen) atoms. The average Bonchev–Trinajstić information content (AvgIpc) is 3.15. The lowest BCUT2D eigenvalue weighted by atomic mass is 10.2. The number of aromatic amines is 1. The number of hydrogen-bond donors (Lipinski definition) is 3. The largest absolute Gasteiger partial charge is 0.493 e. The van der Waals surface area contributed by atoms with Gasteiger partial charge in [-0.05, 0) is 36.4 Å². The number of nitrogens with one attached hydrogen (secondary N) is 1. The average molecular weight is 373 g/mol. The van der Waals surface area contributed by atoms with Gasteiger partial charge in [-0.25, -0.2) is 18.5 Å². The molecule has 4 rings (SSSR count). The van der Waals surface area contributed by atoms with Gasteiger partial charge < -0.3 is 10.1 Å². The van der Waals surface area contributed by atoms with Gasteiger partial charge in [0.2, 0.25) is 15.9 Å². The van der Waals surface area contributed by atoms with E-state index in [0.717, 1.165) is 10.2 Å². The van der Waals surface area contributed by atoms with E-state index in [-0.39, 0.29) is 16.5 Å². The van der Waals surface area contributed by atoms with Gasteiger partial charge in [-0.2, -0.15) is 5.11 Å². The summed E-state index contributed by atoms with van der Waals surface area (Å²) in [6.07, 6.45) is 0. The number of sulfonamides is 1. The summed E-state index contributed by atoms with van der Waals surface area (Å²) < 4.78 is 23.5. The molecule has 0 amide bonds. The Labute approximate surface area is 145 Å². The first-order valence-corrected chi connectivity index (χ1v) is 9.47. The molecule has 0 saturated carbocycles. The first-order valence-electron chi connectivity index (χ1n) is 7.05. The number of nitrogens with two attached hydrogens (primary N) is 1. The summed E-state index contributed by atoms with van der Waals surface area (Å²) >= 11 is 1.49. The Morgan fingerprint density at radius 2 is 1.88 bits per heavy atom. The molecule has 126 valence electrons. The molecule has 10 heteroatoms. The van der Waals surface area contributed by atoms with Crippen LogP contribution in [0.2, 0.25) is 0 Å². The summed E-state index contributed by atoms with van der Waals surface area (Å²) in [7, 11) is -3.76. The maximum Gasteiger partial charge on any atom is 0.238 e. The Bertz CT molecular complexity index is 1220. The van der Waals surface area contributed by atoms with E-state index >= 15 is 0 Å². The van der Waals surface area contributed by atoms with Gasteiger partial charge in [0.15, 0.2) is 5.69 Å². The van der Waals surface area contributed by atoms with E-state index in [1.54, 1.807) is 5.51 Å². The van der Waals surface area contributed by atoms with Crippen LogP contribution in [0.25, 0.3) is 21.1 Å². The molecule has 0 unspecified atom stereocenters. The maximum absolute atomic E-state index is 11.3. The molecule has 0 spiro atoms. The van der Waals surface area contributed by atoms with Crippen LogP contribution in [-0.4, -0.2) is 23.5 Å².